The molecule has 0 unspecified atom stereocenters. The number of aliphatic hydroxyl groups is 1. The smallest absolute Gasteiger partial charge is 0.0897 e. The van der Waals surface area contributed by atoms with Crippen LogP contribution in [0.25, 0.3) is 0 Å². The fourth-order valence-corrected chi connectivity index (χ4v) is 2.09. The third kappa shape index (κ3) is 12.6. The van der Waals surface area contributed by atoms with Gasteiger partial charge in [0.05, 0.1) is 18.8 Å². The molecule has 0 aromatic rings. The van der Waals surface area contributed by atoms with E-state index < -0.39 is 6.10 Å². The first-order valence-electron chi connectivity index (χ1n) is 7.84. The maximum absolute atomic E-state index is 9.87. The molecule has 0 rings (SSSR count). The summed E-state index contributed by atoms with van der Waals surface area (Å²) in [6, 6.07) is 0.463. The maximum Gasteiger partial charge on any atom is 0.0897 e. The summed E-state index contributed by atoms with van der Waals surface area (Å²) in [6.45, 7) is 14.2. The van der Waals surface area contributed by atoms with Gasteiger partial charge in [0.25, 0.3) is 0 Å². The lowest BCUT2D eigenvalue weighted by Gasteiger charge is -2.20. The third-order valence-electron chi connectivity index (χ3n) is 3.26. The quantitative estimate of drug-likeness (QED) is 0.607. The van der Waals surface area contributed by atoms with Gasteiger partial charge < -0.3 is 15.2 Å². The van der Waals surface area contributed by atoms with E-state index in [1.807, 2.05) is 0 Å². The molecule has 116 valence electrons. The minimum atomic E-state index is -0.406. The van der Waals surface area contributed by atoms with Crippen molar-refractivity contribution in [1.82, 2.24) is 5.32 Å². The van der Waals surface area contributed by atoms with Gasteiger partial charge in [-0.15, -0.1) is 0 Å². The van der Waals surface area contributed by atoms with Gasteiger partial charge in [-0.1, -0.05) is 27.7 Å². The van der Waals surface area contributed by atoms with Gasteiger partial charge in [0.1, 0.15) is 0 Å². The highest BCUT2D eigenvalue weighted by atomic mass is 16.5. The highest BCUT2D eigenvalue weighted by Gasteiger charge is 2.11. The largest absolute Gasteiger partial charge is 0.389 e. The molecule has 19 heavy (non-hydrogen) atoms. The molecule has 0 bridgehead atoms. The summed E-state index contributed by atoms with van der Waals surface area (Å²) >= 11 is 0. The van der Waals surface area contributed by atoms with E-state index in [1.165, 1.54) is 6.42 Å². The number of nitrogens with one attached hydrogen (secondary N) is 1. The Balaban J connectivity index is 3.60. The van der Waals surface area contributed by atoms with Crippen molar-refractivity contribution < 1.29 is 9.84 Å². The Morgan fingerprint density at radius 1 is 0.947 bits per heavy atom. The second-order valence-electron chi connectivity index (χ2n) is 6.71. The monoisotopic (exact) mass is 273 g/mol. The number of hydrogen-bond acceptors (Lipinski definition) is 3. The van der Waals surface area contributed by atoms with Crippen molar-refractivity contribution in [2.75, 3.05) is 13.2 Å². The molecule has 0 aromatic carbocycles. The van der Waals surface area contributed by atoms with Gasteiger partial charge in [-0.2, -0.15) is 0 Å². The zero-order valence-electron chi connectivity index (χ0n) is 13.8. The summed E-state index contributed by atoms with van der Waals surface area (Å²) in [4.78, 5) is 0. The first-order chi connectivity index (χ1) is 8.81. The van der Waals surface area contributed by atoms with E-state index in [4.69, 9.17) is 4.74 Å². The lowest BCUT2D eigenvalue weighted by atomic mass is 10.0. The molecule has 0 radical (unpaired) electrons. The molecule has 0 aliphatic rings. The highest BCUT2D eigenvalue weighted by molar-refractivity contribution is 4.66. The molecule has 0 heterocycles. The Bertz CT molecular complexity index is 207. The standard InChI is InChI=1S/C16H35NO2/c1-12(2)7-8-14(5)17-10-16(18)11-19-15(6)9-13(3)4/h12-18H,7-11H2,1-6H3/t14-,15+,16-/m1/s1. The Kier molecular flexibility index (Phi) is 10.6. The molecule has 3 atom stereocenters. The topological polar surface area (TPSA) is 41.5 Å². The van der Waals surface area contributed by atoms with Gasteiger partial charge >= 0.3 is 0 Å². The summed E-state index contributed by atoms with van der Waals surface area (Å²) in [7, 11) is 0. The highest BCUT2D eigenvalue weighted by Crippen LogP contribution is 2.08. The van der Waals surface area contributed by atoms with E-state index in [2.05, 4.69) is 46.9 Å². The van der Waals surface area contributed by atoms with Crippen LogP contribution in [0.5, 0.6) is 0 Å². The third-order valence-corrected chi connectivity index (χ3v) is 3.26. The van der Waals surface area contributed by atoms with Gasteiger partial charge in [-0.3, -0.25) is 0 Å². The van der Waals surface area contributed by atoms with Crippen molar-refractivity contribution >= 4 is 0 Å². The van der Waals surface area contributed by atoms with Gasteiger partial charge in [0.15, 0.2) is 0 Å². The van der Waals surface area contributed by atoms with Crippen molar-refractivity contribution in [3.05, 3.63) is 0 Å². The van der Waals surface area contributed by atoms with Crippen molar-refractivity contribution in [3.63, 3.8) is 0 Å². The van der Waals surface area contributed by atoms with Crippen LogP contribution in [-0.2, 0) is 4.74 Å². The average Bonchev–Trinajstić information content (AvgIpc) is 2.30. The Hall–Kier alpha value is -0.120. The molecule has 0 amide bonds. The van der Waals surface area contributed by atoms with E-state index in [9.17, 15) is 5.11 Å². The second-order valence-corrected chi connectivity index (χ2v) is 6.71. The minimum absolute atomic E-state index is 0.230. The molecule has 2 N–H and O–H groups in total. The van der Waals surface area contributed by atoms with Crippen molar-refractivity contribution in [2.45, 2.75) is 79.1 Å². The maximum atomic E-state index is 9.87. The second kappa shape index (κ2) is 10.6. The first kappa shape index (κ1) is 18.9. The van der Waals surface area contributed by atoms with Crippen LogP contribution in [0.1, 0.15) is 60.8 Å². The average molecular weight is 273 g/mol. The number of aliphatic hydroxyl groups excluding tert-OH is 1. The van der Waals surface area contributed by atoms with Crippen LogP contribution < -0.4 is 5.32 Å². The molecule has 0 saturated carbocycles. The van der Waals surface area contributed by atoms with Crippen molar-refractivity contribution in [3.8, 4) is 0 Å². The molecule has 0 fully saturated rings. The van der Waals surface area contributed by atoms with Crippen LogP contribution in [-0.4, -0.2) is 36.5 Å². The van der Waals surface area contributed by atoms with E-state index in [-0.39, 0.29) is 6.10 Å². The summed E-state index contributed by atoms with van der Waals surface area (Å²) in [5, 5.41) is 13.2. The van der Waals surface area contributed by atoms with Gasteiger partial charge in [-0.05, 0) is 44.9 Å². The van der Waals surface area contributed by atoms with Crippen molar-refractivity contribution in [1.29, 1.82) is 0 Å². The Labute approximate surface area is 120 Å². The zero-order valence-corrected chi connectivity index (χ0v) is 13.8. The molecule has 3 heteroatoms. The lowest BCUT2D eigenvalue weighted by Crippen LogP contribution is -2.36. The van der Waals surface area contributed by atoms with Gasteiger partial charge in [0.2, 0.25) is 0 Å². The van der Waals surface area contributed by atoms with Crippen LogP contribution in [0.4, 0.5) is 0 Å². The van der Waals surface area contributed by atoms with Crippen molar-refractivity contribution in [2.24, 2.45) is 11.8 Å². The fourth-order valence-electron chi connectivity index (χ4n) is 2.09. The molecule has 0 spiro atoms. The van der Waals surface area contributed by atoms with Gasteiger partial charge in [0, 0.05) is 12.6 Å². The SMILES string of the molecule is CC(C)CC[C@@H](C)NC[C@@H](O)CO[C@@H](C)CC(C)C. The molecule has 0 aliphatic heterocycles. The zero-order chi connectivity index (χ0) is 14.8. The van der Waals surface area contributed by atoms with E-state index >= 15 is 0 Å². The summed E-state index contributed by atoms with van der Waals surface area (Å²) in [6.07, 6.45) is 3.26. The van der Waals surface area contributed by atoms with Crippen LogP contribution in [0.3, 0.4) is 0 Å². The van der Waals surface area contributed by atoms with Crippen LogP contribution in [0.2, 0.25) is 0 Å². The first-order valence-corrected chi connectivity index (χ1v) is 7.84. The summed E-state index contributed by atoms with van der Waals surface area (Å²) < 4.78 is 5.66. The molecular weight excluding hydrogens is 238 g/mol. The van der Waals surface area contributed by atoms with E-state index in [1.54, 1.807) is 0 Å². The fraction of sp³-hybridized carbons (Fsp3) is 1.00. The van der Waals surface area contributed by atoms with Crippen LogP contribution in [0, 0.1) is 11.8 Å². The van der Waals surface area contributed by atoms with Crippen LogP contribution in [0.15, 0.2) is 0 Å². The summed E-state index contributed by atoms with van der Waals surface area (Å²) in [5.41, 5.74) is 0. The number of rotatable bonds is 11. The minimum Gasteiger partial charge on any atom is -0.389 e. The molecular formula is C16H35NO2. The lowest BCUT2D eigenvalue weighted by molar-refractivity contribution is -0.00921. The van der Waals surface area contributed by atoms with Crippen LogP contribution >= 0.6 is 0 Å². The normalized spacial score (nSPS) is 16.9. The molecule has 0 saturated heterocycles. The molecule has 0 aliphatic carbocycles. The number of ether oxygens (including phenoxy) is 1. The summed E-state index contributed by atoms with van der Waals surface area (Å²) in [5.74, 6) is 1.38. The van der Waals surface area contributed by atoms with E-state index in [0.717, 1.165) is 18.8 Å². The van der Waals surface area contributed by atoms with E-state index in [0.29, 0.717) is 25.1 Å². The predicted molar refractivity (Wildman–Crippen MR) is 82.4 cm³/mol. The molecule has 0 aromatic heterocycles. The van der Waals surface area contributed by atoms with Gasteiger partial charge in [-0.25, -0.2) is 0 Å². The molecule has 3 nitrogen and oxygen atoms in total. The Morgan fingerprint density at radius 2 is 1.58 bits per heavy atom. The predicted octanol–water partition coefficient (Wildman–Crippen LogP) is 3.21. The number of hydrogen-bond donors (Lipinski definition) is 2. The Morgan fingerprint density at radius 3 is 2.11 bits per heavy atom.